The topological polar surface area (TPSA) is 74.6 Å². The van der Waals surface area contributed by atoms with Gasteiger partial charge in [0.15, 0.2) is 0 Å². The predicted octanol–water partition coefficient (Wildman–Crippen LogP) is 3.15. The minimum atomic E-state index is -3.88. The van der Waals surface area contributed by atoms with Crippen LogP contribution >= 0.6 is 0 Å². The number of aliphatic hydroxyl groups is 1. The fraction of sp³-hybridized carbons (Fsp3) is 1.00. The lowest BCUT2D eigenvalue weighted by Crippen LogP contribution is -2.19. The molecule has 110 valence electrons. The summed E-state index contributed by atoms with van der Waals surface area (Å²) in [6.45, 7) is 3.87. The maximum atomic E-state index is 11.0. The first-order chi connectivity index (χ1) is 8.41. The molecular weight excluding hydrogens is 252 g/mol. The van der Waals surface area contributed by atoms with E-state index in [1.54, 1.807) is 6.92 Å². The van der Waals surface area contributed by atoms with Gasteiger partial charge < -0.3 is 5.11 Å². The molecule has 0 aromatic heterocycles. The third-order valence-corrected chi connectivity index (χ3v) is 4.74. The van der Waals surface area contributed by atoms with Crippen molar-refractivity contribution in [1.82, 2.24) is 0 Å². The second-order valence-corrected chi connectivity index (χ2v) is 6.68. The van der Waals surface area contributed by atoms with E-state index in [0.29, 0.717) is 12.8 Å². The maximum absolute atomic E-state index is 11.0. The van der Waals surface area contributed by atoms with Gasteiger partial charge in [0, 0.05) is 0 Å². The van der Waals surface area contributed by atoms with Gasteiger partial charge in [-0.05, 0) is 25.7 Å². The van der Waals surface area contributed by atoms with Crippen molar-refractivity contribution in [3.05, 3.63) is 0 Å². The molecule has 0 radical (unpaired) electrons. The Morgan fingerprint density at radius 3 is 2.00 bits per heavy atom. The van der Waals surface area contributed by atoms with Crippen LogP contribution in [0.5, 0.6) is 0 Å². The molecule has 2 atom stereocenters. The monoisotopic (exact) mass is 280 g/mol. The summed E-state index contributed by atoms with van der Waals surface area (Å²) in [5, 5.41) is 9.01. The van der Waals surface area contributed by atoms with E-state index < -0.39 is 15.4 Å². The Morgan fingerprint density at radius 2 is 1.50 bits per heavy atom. The van der Waals surface area contributed by atoms with Crippen LogP contribution in [0.1, 0.15) is 71.6 Å². The summed E-state index contributed by atoms with van der Waals surface area (Å²) >= 11 is 0. The van der Waals surface area contributed by atoms with Gasteiger partial charge in [0.1, 0.15) is 0 Å². The second kappa shape index (κ2) is 9.75. The van der Waals surface area contributed by atoms with Gasteiger partial charge in [-0.3, -0.25) is 4.55 Å². The zero-order chi connectivity index (χ0) is 14.0. The van der Waals surface area contributed by atoms with Gasteiger partial charge >= 0.3 is 0 Å². The number of unbranched alkanes of at least 4 members (excludes halogenated alkanes) is 3. The molecule has 0 saturated carbocycles. The Kier molecular flexibility index (Phi) is 9.68. The molecule has 4 nitrogen and oxygen atoms in total. The summed E-state index contributed by atoms with van der Waals surface area (Å²) in [5.41, 5.74) is 0. The Bertz CT molecular complexity index is 287. The molecule has 2 unspecified atom stereocenters. The molecule has 0 aliphatic heterocycles. The average Bonchev–Trinajstić information content (AvgIpc) is 2.29. The summed E-state index contributed by atoms with van der Waals surface area (Å²) in [6, 6.07) is 0. The number of aliphatic hydroxyl groups excluding tert-OH is 1. The number of rotatable bonds is 11. The van der Waals surface area contributed by atoms with Crippen molar-refractivity contribution in [1.29, 1.82) is 0 Å². The highest BCUT2D eigenvalue weighted by atomic mass is 32.2. The van der Waals surface area contributed by atoms with Crippen LogP contribution in [-0.2, 0) is 10.1 Å². The molecule has 0 spiro atoms. The molecule has 0 aliphatic rings. The highest BCUT2D eigenvalue weighted by Gasteiger charge is 2.19. The molecular formula is C13H28O4S. The quantitative estimate of drug-likeness (QED) is 0.450. The van der Waals surface area contributed by atoms with Gasteiger partial charge in [-0.2, -0.15) is 8.42 Å². The first-order valence-corrected chi connectivity index (χ1v) is 8.56. The van der Waals surface area contributed by atoms with Gasteiger partial charge in [0.2, 0.25) is 0 Å². The van der Waals surface area contributed by atoms with Crippen molar-refractivity contribution >= 4 is 10.1 Å². The van der Waals surface area contributed by atoms with Crippen LogP contribution in [-0.4, -0.2) is 29.4 Å². The predicted molar refractivity (Wildman–Crippen MR) is 74.2 cm³/mol. The molecule has 5 heteroatoms. The molecule has 0 fully saturated rings. The van der Waals surface area contributed by atoms with Crippen molar-refractivity contribution in [3.8, 4) is 0 Å². The van der Waals surface area contributed by atoms with E-state index in [1.807, 2.05) is 0 Å². The standard InChI is InChI=1S/C13H28O4S/c1-3-5-9-12(14)10-7-6-8-11-13(4-2)18(15,16)17/h12-14H,3-11H2,1-2H3,(H,15,16,17). The van der Waals surface area contributed by atoms with E-state index in [-0.39, 0.29) is 6.10 Å². The molecule has 0 aromatic carbocycles. The molecule has 0 aromatic rings. The molecule has 0 saturated heterocycles. The van der Waals surface area contributed by atoms with Crippen molar-refractivity contribution < 1.29 is 18.1 Å². The molecule has 2 N–H and O–H groups in total. The number of hydrogen-bond donors (Lipinski definition) is 2. The largest absolute Gasteiger partial charge is 0.393 e. The normalized spacial score (nSPS) is 15.6. The molecule has 0 aliphatic carbocycles. The lowest BCUT2D eigenvalue weighted by molar-refractivity contribution is 0.148. The Balaban J connectivity index is 3.61. The second-order valence-electron chi connectivity index (χ2n) is 4.98. The third-order valence-electron chi connectivity index (χ3n) is 3.33. The summed E-state index contributed by atoms with van der Waals surface area (Å²) in [5.74, 6) is 0. The van der Waals surface area contributed by atoms with Crippen LogP contribution in [0, 0.1) is 0 Å². The lowest BCUT2D eigenvalue weighted by atomic mass is 10.0. The Hall–Kier alpha value is -0.130. The van der Waals surface area contributed by atoms with E-state index in [9.17, 15) is 13.5 Å². The minimum absolute atomic E-state index is 0.214. The van der Waals surface area contributed by atoms with Crippen molar-refractivity contribution in [2.45, 2.75) is 83.0 Å². The van der Waals surface area contributed by atoms with Gasteiger partial charge in [-0.25, -0.2) is 0 Å². The first-order valence-electron chi connectivity index (χ1n) is 7.06. The van der Waals surface area contributed by atoms with E-state index in [0.717, 1.165) is 44.9 Å². The minimum Gasteiger partial charge on any atom is -0.393 e. The SMILES string of the molecule is CCCCC(O)CCCCCC(CC)S(=O)(=O)O. The zero-order valence-corrected chi connectivity index (χ0v) is 12.5. The zero-order valence-electron chi connectivity index (χ0n) is 11.6. The van der Waals surface area contributed by atoms with Gasteiger partial charge in [-0.15, -0.1) is 0 Å². The third kappa shape index (κ3) is 8.89. The number of hydrogen-bond acceptors (Lipinski definition) is 3. The van der Waals surface area contributed by atoms with Crippen LogP contribution in [0.2, 0.25) is 0 Å². The summed E-state index contributed by atoms with van der Waals surface area (Å²) < 4.78 is 30.9. The Morgan fingerprint density at radius 1 is 0.944 bits per heavy atom. The van der Waals surface area contributed by atoms with Gasteiger partial charge in [-0.1, -0.05) is 46.0 Å². The maximum Gasteiger partial charge on any atom is 0.267 e. The van der Waals surface area contributed by atoms with Crippen LogP contribution in [0.25, 0.3) is 0 Å². The highest BCUT2D eigenvalue weighted by Crippen LogP contribution is 2.15. The van der Waals surface area contributed by atoms with Gasteiger partial charge in [0.25, 0.3) is 10.1 Å². The molecule has 0 heterocycles. The van der Waals surface area contributed by atoms with E-state index in [2.05, 4.69) is 6.92 Å². The summed E-state index contributed by atoms with van der Waals surface area (Å²) in [7, 11) is -3.88. The lowest BCUT2D eigenvalue weighted by Gasteiger charge is -2.12. The highest BCUT2D eigenvalue weighted by molar-refractivity contribution is 7.86. The smallest absolute Gasteiger partial charge is 0.267 e. The van der Waals surface area contributed by atoms with Crippen molar-refractivity contribution in [2.24, 2.45) is 0 Å². The summed E-state index contributed by atoms with van der Waals surface area (Å²) in [6.07, 6.45) is 7.19. The fourth-order valence-electron chi connectivity index (χ4n) is 2.08. The van der Waals surface area contributed by atoms with E-state index in [1.165, 1.54) is 0 Å². The molecule has 0 amide bonds. The van der Waals surface area contributed by atoms with Crippen LogP contribution in [0.15, 0.2) is 0 Å². The van der Waals surface area contributed by atoms with Crippen molar-refractivity contribution in [2.75, 3.05) is 0 Å². The molecule has 0 bridgehead atoms. The van der Waals surface area contributed by atoms with Gasteiger partial charge in [0.05, 0.1) is 11.4 Å². The van der Waals surface area contributed by atoms with Crippen LogP contribution < -0.4 is 0 Å². The Labute approximate surface area is 112 Å². The molecule has 0 rings (SSSR count). The van der Waals surface area contributed by atoms with Crippen LogP contribution in [0.4, 0.5) is 0 Å². The summed E-state index contributed by atoms with van der Waals surface area (Å²) in [4.78, 5) is 0. The molecule has 18 heavy (non-hydrogen) atoms. The van der Waals surface area contributed by atoms with E-state index >= 15 is 0 Å². The average molecular weight is 280 g/mol. The van der Waals surface area contributed by atoms with Crippen LogP contribution in [0.3, 0.4) is 0 Å². The fourth-order valence-corrected chi connectivity index (χ4v) is 2.96. The first kappa shape index (κ1) is 17.9. The van der Waals surface area contributed by atoms with E-state index in [4.69, 9.17) is 4.55 Å². The van der Waals surface area contributed by atoms with Crippen molar-refractivity contribution in [3.63, 3.8) is 0 Å².